The molecule has 0 aliphatic carbocycles. The number of hydrogen-bond donors (Lipinski definition) is 0. The molecule has 0 radical (unpaired) electrons. The van der Waals surface area contributed by atoms with Gasteiger partial charge in [-0.05, 0) is 34.7 Å². The molecule has 0 bridgehead atoms. The monoisotopic (exact) mass is 313 g/mol. The predicted molar refractivity (Wildman–Crippen MR) is 62.5 cm³/mol. The van der Waals surface area contributed by atoms with Gasteiger partial charge in [-0.1, -0.05) is 6.07 Å². The average Bonchev–Trinajstić information content (AvgIpc) is 2.64. The smallest absolute Gasteiger partial charge is 0.190 e. The molecule has 5 heteroatoms. The van der Waals surface area contributed by atoms with Crippen LogP contribution in [0.3, 0.4) is 0 Å². The Bertz CT molecular complexity index is 542. The zero-order valence-corrected chi connectivity index (χ0v) is 9.64. The highest BCUT2D eigenvalue weighted by molar-refractivity contribution is 14.1. The minimum Gasteiger partial charge on any atom is -0.238 e. The van der Waals surface area contributed by atoms with Gasteiger partial charge in [-0.15, -0.1) is 0 Å². The lowest BCUT2D eigenvalue weighted by Gasteiger charge is -2.02. The first kappa shape index (κ1) is 10.1. The van der Waals surface area contributed by atoms with E-state index in [9.17, 15) is 4.39 Å². The molecule has 0 saturated heterocycles. The van der Waals surface area contributed by atoms with Gasteiger partial charge in [-0.25, -0.2) is 13.9 Å². The Labute approximate surface area is 99.5 Å². The Balaban J connectivity index is 2.51. The second-order valence-electron chi connectivity index (χ2n) is 2.85. The van der Waals surface area contributed by atoms with Crippen molar-refractivity contribution in [3.05, 3.63) is 51.4 Å². The van der Waals surface area contributed by atoms with Gasteiger partial charge in [0, 0.05) is 6.20 Å². The Morgan fingerprint density at radius 2 is 2.27 bits per heavy atom. The maximum absolute atomic E-state index is 13.5. The zero-order chi connectivity index (χ0) is 10.8. The van der Waals surface area contributed by atoms with Crippen molar-refractivity contribution in [1.29, 1.82) is 0 Å². The molecule has 3 nitrogen and oxygen atoms in total. The predicted octanol–water partition coefficient (Wildman–Crippen LogP) is 3.17. The van der Waals surface area contributed by atoms with Crippen molar-refractivity contribution < 1.29 is 4.39 Å². The summed E-state index contributed by atoms with van der Waals surface area (Å²) >= 11 is 2.10. The van der Waals surface area contributed by atoms with Crippen LogP contribution >= 0.6 is 22.6 Å². The first-order valence-corrected chi connectivity index (χ1v) is 5.16. The van der Waals surface area contributed by atoms with E-state index in [1.165, 1.54) is 10.7 Å². The summed E-state index contributed by atoms with van der Waals surface area (Å²) in [6.45, 7) is 6.75. The molecule has 0 N–H and O–H groups in total. The molecule has 15 heavy (non-hydrogen) atoms. The number of hydrogen-bond acceptors (Lipinski definition) is 1. The number of halogens is 2. The van der Waals surface area contributed by atoms with Crippen molar-refractivity contribution >= 4 is 28.3 Å². The Morgan fingerprint density at radius 1 is 1.47 bits per heavy atom. The molecule has 0 unspecified atom stereocenters. The van der Waals surface area contributed by atoms with E-state index in [4.69, 9.17) is 6.57 Å². The lowest BCUT2D eigenvalue weighted by atomic mass is 10.3. The summed E-state index contributed by atoms with van der Waals surface area (Å²) in [5.41, 5.74) is 0.642. The molecule has 0 amide bonds. The third kappa shape index (κ3) is 1.99. The molecule has 0 fully saturated rings. The van der Waals surface area contributed by atoms with Gasteiger partial charge in [0.2, 0.25) is 0 Å². The summed E-state index contributed by atoms with van der Waals surface area (Å²) in [6, 6.07) is 4.32. The van der Waals surface area contributed by atoms with Gasteiger partial charge in [-0.3, -0.25) is 0 Å². The summed E-state index contributed by atoms with van der Waals surface area (Å²) < 4.78 is 15.9. The van der Waals surface area contributed by atoms with E-state index in [0.717, 1.165) is 3.57 Å². The van der Waals surface area contributed by atoms with Crippen LogP contribution in [0.25, 0.3) is 10.5 Å². The molecule has 1 aromatic heterocycles. The van der Waals surface area contributed by atoms with Crippen molar-refractivity contribution in [3.63, 3.8) is 0 Å². The Morgan fingerprint density at radius 3 is 2.80 bits per heavy atom. The standard InChI is InChI=1S/C10H5FIN3/c1-13-8-2-3-10(9(11)4-8)15-6-7(12)5-14-15/h2-6H. The highest BCUT2D eigenvalue weighted by atomic mass is 127. The summed E-state index contributed by atoms with van der Waals surface area (Å²) in [5, 5.41) is 3.99. The van der Waals surface area contributed by atoms with Crippen molar-refractivity contribution in [2.75, 3.05) is 0 Å². The van der Waals surface area contributed by atoms with Crippen LogP contribution in [0, 0.1) is 16.0 Å². The molecular formula is C10H5FIN3. The topological polar surface area (TPSA) is 22.2 Å². The average molecular weight is 313 g/mol. The normalized spacial score (nSPS) is 9.93. The summed E-state index contributed by atoms with van der Waals surface area (Å²) in [6.07, 6.45) is 3.36. The van der Waals surface area contributed by atoms with Crippen LogP contribution in [0.5, 0.6) is 0 Å². The van der Waals surface area contributed by atoms with Crippen LogP contribution in [0.2, 0.25) is 0 Å². The molecular weight excluding hydrogens is 308 g/mol. The van der Waals surface area contributed by atoms with Gasteiger partial charge < -0.3 is 0 Å². The fourth-order valence-corrected chi connectivity index (χ4v) is 1.57. The van der Waals surface area contributed by atoms with Gasteiger partial charge in [0.05, 0.1) is 22.0 Å². The SMILES string of the molecule is [C-]#[N+]c1ccc(-n2cc(I)cn2)c(F)c1. The fraction of sp³-hybridized carbons (Fsp3) is 0. The molecule has 1 heterocycles. The molecule has 2 rings (SSSR count). The minimum atomic E-state index is -0.442. The molecule has 0 saturated carbocycles. The third-order valence-electron chi connectivity index (χ3n) is 1.86. The van der Waals surface area contributed by atoms with E-state index in [1.54, 1.807) is 24.5 Å². The van der Waals surface area contributed by atoms with E-state index in [0.29, 0.717) is 5.69 Å². The van der Waals surface area contributed by atoms with Gasteiger partial charge in [-0.2, -0.15) is 5.10 Å². The molecule has 0 spiro atoms. The number of benzene rings is 1. The first-order chi connectivity index (χ1) is 7.20. The second-order valence-corrected chi connectivity index (χ2v) is 4.10. The molecule has 0 aliphatic rings. The highest BCUT2D eigenvalue weighted by Crippen LogP contribution is 2.20. The molecule has 1 aromatic carbocycles. The zero-order valence-electron chi connectivity index (χ0n) is 7.48. The van der Waals surface area contributed by atoms with Crippen LogP contribution in [0.4, 0.5) is 10.1 Å². The largest absolute Gasteiger partial charge is 0.238 e. The summed E-state index contributed by atoms with van der Waals surface area (Å²) in [5.74, 6) is -0.442. The highest BCUT2D eigenvalue weighted by Gasteiger charge is 2.06. The lowest BCUT2D eigenvalue weighted by Crippen LogP contribution is -1.97. The van der Waals surface area contributed by atoms with Crippen molar-refractivity contribution in [2.45, 2.75) is 0 Å². The summed E-state index contributed by atoms with van der Waals surface area (Å²) in [4.78, 5) is 3.15. The van der Waals surface area contributed by atoms with Crippen LogP contribution in [-0.4, -0.2) is 9.78 Å². The maximum Gasteiger partial charge on any atom is 0.190 e. The molecule has 74 valence electrons. The van der Waals surface area contributed by atoms with Gasteiger partial charge in [0.1, 0.15) is 5.82 Å². The van der Waals surface area contributed by atoms with E-state index in [1.807, 2.05) is 0 Å². The molecule has 2 aromatic rings. The first-order valence-electron chi connectivity index (χ1n) is 4.08. The van der Waals surface area contributed by atoms with Crippen molar-refractivity contribution in [3.8, 4) is 5.69 Å². The third-order valence-corrected chi connectivity index (χ3v) is 2.42. The van der Waals surface area contributed by atoms with Gasteiger partial charge in [0.15, 0.2) is 5.69 Å². The van der Waals surface area contributed by atoms with E-state index >= 15 is 0 Å². The second kappa shape index (κ2) is 3.98. The Kier molecular flexibility index (Phi) is 2.68. The van der Waals surface area contributed by atoms with E-state index in [-0.39, 0.29) is 5.69 Å². The fourth-order valence-electron chi connectivity index (χ4n) is 1.18. The number of rotatable bonds is 1. The maximum atomic E-state index is 13.5. The van der Waals surface area contributed by atoms with E-state index in [2.05, 4.69) is 32.5 Å². The Hall–Kier alpha value is -1.42. The van der Waals surface area contributed by atoms with Crippen LogP contribution < -0.4 is 0 Å². The van der Waals surface area contributed by atoms with Crippen molar-refractivity contribution in [1.82, 2.24) is 9.78 Å². The van der Waals surface area contributed by atoms with Gasteiger partial charge >= 0.3 is 0 Å². The summed E-state index contributed by atoms with van der Waals surface area (Å²) in [7, 11) is 0. The van der Waals surface area contributed by atoms with E-state index < -0.39 is 5.82 Å². The lowest BCUT2D eigenvalue weighted by molar-refractivity contribution is 0.611. The van der Waals surface area contributed by atoms with Crippen LogP contribution in [-0.2, 0) is 0 Å². The quantitative estimate of drug-likeness (QED) is 0.585. The minimum absolute atomic E-state index is 0.290. The number of nitrogens with zero attached hydrogens (tertiary/aromatic N) is 3. The van der Waals surface area contributed by atoms with Crippen LogP contribution in [0.1, 0.15) is 0 Å². The molecule has 0 aliphatic heterocycles. The van der Waals surface area contributed by atoms with Gasteiger partial charge in [0.25, 0.3) is 0 Å². The number of aromatic nitrogens is 2. The molecule has 0 atom stereocenters. The van der Waals surface area contributed by atoms with Crippen molar-refractivity contribution in [2.24, 2.45) is 0 Å². The van der Waals surface area contributed by atoms with Crippen LogP contribution in [0.15, 0.2) is 30.6 Å².